The molecule has 0 aromatic heterocycles. The summed E-state index contributed by atoms with van der Waals surface area (Å²) in [6.45, 7) is 4.16. The van der Waals surface area contributed by atoms with Crippen molar-refractivity contribution in [3.8, 4) is 0 Å². The molecule has 5 nitrogen and oxygen atoms in total. The van der Waals surface area contributed by atoms with Crippen molar-refractivity contribution in [3.63, 3.8) is 0 Å². The number of nitrogens with two attached hydrogens (primary N) is 1. The van der Waals surface area contributed by atoms with Crippen LogP contribution in [0.25, 0.3) is 0 Å². The van der Waals surface area contributed by atoms with Crippen molar-refractivity contribution in [2.24, 2.45) is 11.7 Å². The van der Waals surface area contributed by atoms with E-state index in [0.717, 1.165) is 6.42 Å². The molecule has 0 spiro atoms. The van der Waals surface area contributed by atoms with E-state index in [0.29, 0.717) is 18.9 Å². The van der Waals surface area contributed by atoms with E-state index in [2.05, 4.69) is 5.32 Å². The lowest BCUT2D eigenvalue weighted by Gasteiger charge is -2.11. The number of nitrogens with one attached hydrogen (secondary N) is 1. The van der Waals surface area contributed by atoms with Crippen molar-refractivity contribution < 1.29 is 14.7 Å². The summed E-state index contributed by atoms with van der Waals surface area (Å²) in [5, 5.41) is 11.2. The second-order valence-corrected chi connectivity index (χ2v) is 3.91. The lowest BCUT2D eigenvalue weighted by atomic mass is 10.0. The minimum Gasteiger partial charge on any atom is -0.481 e. The molecular weight excluding hydrogens is 196 g/mol. The molecule has 0 radical (unpaired) electrons. The topological polar surface area (TPSA) is 92.4 Å². The molecule has 1 unspecified atom stereocenters. The van der Waals surface area contributed by atoms with Crippen molar-refractivity contribution in [1.82, 2.24) is 5.32 Å². The first-order valence-corrected chi connectivity index (χ1v) is 5.18. The normalized spacial score (nSPS) is 14.3. The Kier molecular flexibility index (Phi) is 6.70. The third-order valence-electron chi connectivity index (χ3n) is 2.20. The first kappa shape index (κ1) is 13.9. The van der Waals surface area contributed by atoms with Gasteiger partial charge >= 0.3 is 5.97 Å². The fourth-order valence-corrected chi connectivity index (χ4v) is 1.12. The molecule has 0 heterocycles. The average molecular weight is 216 g/mol. The Hall–Kier alpha value is -1.10. The maximum atomic E-state index is 11.1. The number of amides is 1. The van der Waals surface area contributed by atoms with Crippen molar-refractivity contribution in [3.05, 3.63) is 0 Å². The molecule has 88 valence electrons. The standard InChI is InChI=1S/C10H20N2O3/c1-7(3-4-9(13)14)5-6-12-10(15)8(2)11/h7-8H,3-6,11H2,1-2H3,(H,12,15)(H,13,14)/t7?,8-/m1/s1. The Morgan fingerprint density at radius 1 is 1.33 bits per heavy atom. The fraction of sp³-hybridized carbons (Fsp3) is 0.800. The first-order valence-electron chi connectivity index (χ1n) is 5.18. The van der Waals surface area contributed by atoms with Gasteiger partial charge in [0.25, 0.3) is 0 Å². The Bertz CT molecular complexity index is 217. The summed E-state index contributed by atoms with van der Waals surface area (Å²) in [7, 11) is 0. The number of carboxylic acids is 1. The van der Waals surface area contributed by atoms with E-state index in [1.807, 2.05) is 6.92 Å². The highest BCUT2D eigenvalue weighted by atomic mass is 16.4. The van der Waals surface area contributed by atoms with E-state index >= 15 is 0 Å². The predicted octanol–water partition coefficient (Wildman–Crippen LogP) is 0.341. The highest BCUT2D eigenvalue weighted by Crippen LogP contribution is 2.08. The number of rotatable bonds is 7. The highest BCUT2D eigenvalue weighted by Gasteiger charge is 2.08. The van der Waals surface area contributed by atoms with E-state index in [9.17, 15) is 9.59 Å². The predicted molar refractivity (Wildman–Crippen MR) is 57.3 cm³/mol. The SMILES string of the molecule is CC(CCNC(=O)[C@@H](C)N)CCC(=O)O. The highest BCUT2D eigenvalue weighted by molar-refractivity contribution is 5.80. The third kappa shape index (κ3) is 7.93. The van der Waals surface area contributed by atoms with Gasteiger partial charge in [0.1, 0.15) is 0 Å². The Labute approximate surface area is 90.0 Å². The van der Waals surface area contributed by atoms with Crippen LogP contribution in [0.3, 0.4) is 0 Å². The number of carbonyl (C=O) groups excluding carboxylic acids is 1. The lowest BCUT2D eigenvalue weighted by molar-refractivity contribution is -0.137. The molecule has 0 aliphatic heterocycles. The average Bonchev–Trinajstić information content (AvgIpc) is 2.14. The van der Waals surface area contributed by atoms with Gasteiger partial charge in [0.15, 0.2) is 0 Å². The monoisotopic (exact) mass is 216 g/mol. The van der Waals surface area contributed by atoms with Crippen LogP contribution in [-0.2, 0) is 9.59 Å². The quantitative estimate of drug-likeness (QED) is 0.572. The molecule has 15 heavy (non-hydrogen) atoms. The minimum absolute atomic E-state index is 0.166. The molecule has 0 fully saturated rings. The third-order valence-corrected chi connectivity index (χ3v) is 2.20. The molecule has 1 amide bonds. The van der Waals surface area contributed by atoms with Gasteiger partial charge in [-0.1, -0.05) is 6.92 Å². The molecular formula is C10H20N2O3. The molecule has 0 aliphatic carbocycles. The van der Waals surface area contributed by atoms with Crippen LogP contribution < -0.4 is 11.1 Å². The van der Waals surface area contributed by atoms with Gasteiger partial charge in [-0.25, -0.2) is 0 Å². The van der Waals surface area contributed by atoms with Crippen LogP contribution in [0.4, 0.5) is 0 Å². The Morgan fingerprint density at radius 2 is 1.93 bits per heavy atom. The largest absolute Gasteiger partial charge is 0.481 e. The number of carboxylic acid groups (broad SMARTS) is 1. The van der Waals surface area contributed by atoms with Crippen LogP contribution in [0.15, 0.2) is 0 Å². The lowest BCUT2D eigenvalue weighted by Crippen LogP contribution is -2.39. The summed E-state index contributed by atoms with van der Waals surface area (Å²) in [6, 6.07) is -0.487. The van der Waals surface area contributed by atoms with Crippen LogP contribution in [0.5, 0.6) is 0 Å². The van der Waals surface area contributed by atoms with Gasteiger partial charge < -0.3 is 16.2 Å². The van der Waals surface area contributed by atoms with Crippen molar-refractivity contribution in [2.75, 3.05) is 6.54 Å². The van der Waals surface area contributed by atoms with Crippen LogP contribution in [0.1, 0.15) is 33.1 Å². The maximum Gasteiger partial charge on any atom is 0.303 e. The van der Waals surface area contributed by atoms with Crippen LogP contribution >= 0.6 is 0 Å². The molecule has 0 aliphatic rings. The van der Waals surface area contributed by atoms with Crippen molar-refractivity contribution in [1.29, 1.82) is 0 Å². The summed E-state index contributed by atoms with van der Waals surface area (Å²) >= 11 is 0. The molecule has 0 aromatic rings. The number of hydrogen-bond donors (Lipinski definition) is 3. The smallest absolute Gasteiger partial charge is 0.303 e. The molecule has 0 saturated carbocycles. The molecule has 0 bridgehead atoms. The summed E-state index contributed by atoms with van der Waals surface area (Å²) in [5.74, 6) is -0.642. The molecule has 2 atom stereocenters. The van der Waals surface area contributed by atoms with Crippen molar-refractivity contribution in [2.45, 2.75) is 39.2 Å². The Morgan fingerprint density at radius 3 is 2.40 bits per heavy atom. The molecule has 5 heteroatoms. The molecule has 4 N–H and O–H groups in total. The second kappa shape index (κ2) is 7.23. The van der Waals surface area contributed by atoms with Crippen LogP contribution in [0, 0.1) is 5.92 Å². The maximum absolute atomic E-state index is 11.1. The second-order valence-electron chi connectivity index (χ2n) is 3.91. The number of hydrogen-bond acceptors (Lipinski definition) is 3. The zero-order valence-electron chi connectivity index (χ0n) is 9.32. The van der Waals surface area contributed by atoms with Crippen molar-refractivity contribution >= 4 is 11.9 Å². The van der Waals surface area contributed by atoms with Gasteiger partial charge in [-0.15, -0.1) is 0 Å². The molecule has 0 rings (SSSR count). The van der Waals surface area contributed by atoms with Gasteiger partial charge in [-0.2, -0.15) is 0 Å². The summed E-state index contributed by atoms with van der Waals surface area (Å²) < 4.78 is 0. The summed E-state index contributed by atoms with van der Waals surface area (Å²) in [5.41, 5.74) is 5.36. The zero-order valence-corrected chi connectivity index (χ0v) is 9.32. The summed E-state index contributed by atoms with van der Waals surface area (Å²) in [4.78, 5) is 21.3. The summed E-state index contributed by atoms with van der Waals surface area (Å²) in [6.07, 6.45) is 1.61. The van der Waals surface area contributed by atoms with Crippen LogP contribution in [-0.4, -0.2) is 29.6 Å². The van der Waals surface area contributed by atoms with Crippen LogP contribution in [0.2, 0.25) is 0 Å². The van der Waals surface area contributed by atoms with E-state index in [4.69, 9.17) is 10.8 Å². The molecule has 0 aromatic carbocycles. The van der Waals surface area contributed by atoms with Gasteiger partial charge in [0.05, 0.1) is 6.04 Å². The van der Waals surface area contributed by atoms with E-state index in [1.165, 1.54) is 0 Å². The van der Waals surface area contributed by atoms with Gasteiger partial charge in [0.2, 0.25) is 5.91 Å². The first-order chi connectivity index (χ1) is 6.93. The fourth-order valence-electron chi connectivity index (χ4n) is 1.12. The Balaban J connectivity index is 3.50. The van der Waals surface area contributed by atoms with Gasteiger partial charge in [0, 0.05) is 13.0 Å². The van der Waals surface area contributed by atoms with Gasteiger partial charge in [-0.05, 0) is 25.7 Å². The minimum atomic E-state index is -0.776. The van der Waals surface area contributed by atoms with E-state index < -0.39 is 12.0 Å². The zero-order chi connectivity index (χ0) is 11.8. The number of carbonyl (C=O) groups is 2. The molecule has 0 saturated heterocycles. The number of aliphatic carboxylic acids is 1. The van der Waals surface area contributed by atoms with E-state index in [1.54, 1.807) is 6.92 Å². The van der Waals surface area contributed by atoms with E-state index in [-0.39, 0.29) is 12.3 Å². The van der Waals surface area contributed by atoms with Gasteiger partial charge in [-0.3, -0.25) is 9.59 Å².